The topological polar surface area (TPSA) is 26.3 Å². The molecule has 0 aliphatic heterocycles. The molecule has 0 amide bonds. The molecule has 0 bridgehead atoms. The zero-order valence-electron chi connectivity index (χ0n) is 11.3. The number of ether oxygens (including phenoxy) is 1. The Hall–Kier alpha value is -1.93. The van der Waals surface area contributed by atoms with Crippen molar-refractivity contribution in [1.82, 2.24) is 0 Å². The summed E-state index contributed by atoms with van der Waals surface area (Å²) in [5, 5.41) is 0. The van der Waals surface area contributed by atoms with Crippen LogP contribution in [-0.4, -0.2) is 19.5 Å². The van der Waals surface area contributed by atoms with E-state index in [4.69, 9.17) is 4.74 Å². The van der Waals surface area contributed by atoms with Crippen LogP contribution in [0.2, 0.25) is 0 Å². The lowest BCUT2D eigenvalue weighted by Crippen LogP contribution is -1.94. The van der Waals surface area contributed by atoms with Gasteiger partial charge in [0.05, 0.1) is 6.61 Å². The van der Waals surface area contributed by atoms with Crippen LogP contribution in [0.3, 0.4) is 0 Å². The Morgan fingerprint density at radius 1 is 0.947 bits per heavy atom. The Kier molecular flexibility index (Phi) is 4.48. The van der Waals surface area contributed by atoms with Gasteiger partial charge in [0.15, 0.2) is 5.78 Å². The molecule has 0 radical (unpaired) electrons. The Morgan fingerprint density at radius 3 is 1.95 bits per heavy atom. The highest BCUT2D eigenvalue weighted by molar-refractivity contribution is 5.94. The summed E-state index contributed by atoms with van der Waals surface area (Å²) in [5.41, 5.74) is 4.31. The number of ketones is 1. The molecule has 0 saturated heterocycles. The molecule has 0 N–H and O–H groups in total. The summed E-state index contributed by atoms with van der Waals surface area (Å²) in [7, 11) is 1.71. The van der Waals surface area contributed by atoms with Crippen LogP contribution in [0.4, 0.5) is 0 Å². The highest BCUT2D eigenvalue weighted by Gasteiger charge is 2.01. The van der Waals surface area contributed by atoms with Crippen LogP contribution in [0.5, 0.6) is 0 Å². The molecule has 2 aromatic carbocycles. The molecule has 19 heavy (non-hydrogen) atoms. The van der Waals surface area contributed by atoms with Gasteiger partial charge in [-0.1, -0.05) is 48.5 Å². The molecule has 0 unspecified atom stereocenters. The molecule has 0 aromatic heterocycles. The molecule has 0 aliphatic carbocycles. The van der Waals surface area contributed by atoms with E-state index in [1.807, 2.05) is 24.3 Å². The molecule has 0 fully saturated rings. The fraction of sp³-hybridized carbons (Fsp3) is 0.235. The zero-order valence-corrected chi connectivity index (χ0v) is 11.3. The minimum Gasteiger partial charge on any atom is -0.384 e. The van der Waals surface area contributed by atoms with E-state index in [-0.39, 0.29) is 5.78 Å². The molecular weight excluding hydrogens is 236 g/mol. The van der Waals surface area contributed by atoms with E-state index in [1.165, 1.54) is 5.56 Å². The monoisotopic (exact) mass is 254 g/mol. The third-order valence-corrected chi connectivity index (χ3v) is 3.17. The van der Waals surface area contributed by atoms with Gasteiger partial charge in [-0.15, -0.1) is 0 Å². The van der Waals surface area contributed by atoms with Crippen LogP contribution in [0.25, 0.3) is 11.1 Å². The van der Waals surface area contributed by atoms with E-state index in [9.17, 15) is 4.79 Å². The van der Waals surface area contributed by atoms with Crippen molar-refractivity contribution < 1.29 is 9.53 Å². The highest BCUT2D eigenvalue weighted by Crippen LogP contribution is 2.20. The molecule has 2 heteroatoms. The van der Waals surface area contributed by atoms with Crippen LogP contribution in [0.15, 0.2) is 48.5 Å². The van der Waals surface area contributed by atoms with E-state index < -0.39 is 0 Å². The first kappa shape index (κ1) is 13.5. The molecule has 0 saturated carbocycles. The van der Waals surface area contributed by atoms with Gasteiger partial charge in [-0.2, -0.15) is 0 Å². The van der Waals surface area contributed by atoms with E-state index in [0.29, 0.717) is 0 Å². The minimum atomic E-state index is 0.0986. The summed E-state index contributed by atoms with van der Waals surface area (Å²) in [5.74, 6) is 0.0986. The first-order chi connectivity index (χ1) is 9.20. The number of carbonyl (C=O) groups is 1. The van der Waals surface area contributed by atoms with Crippen molar-refractivity contribution >= 4 is 5.78 Å². The van der Waals surface area contributed by atoms with E-state index in [2.05, 4.69) is 24.3 Å². The molecule has 2 nitrogen and oxygen atoms in total. The Balaban J connectivity index is 2.15. The minimum absolute atomic E-state index is 0.0986. The van der Waals surface area contributed by atoms with Crippen molar-refractivity contribution in [3.05, 3.63) is 59.7 Å². The van der Waals surface area contributed by atoms with Crippen molar-refractivity contribution in [3.8, 4) is 11.1 Å². The van der Waals surface area contributed by atoms with Gasteiger partial charge in [-0.3, -0.25) is 4.79 Å². The molecule has 0 spiro atoms. The van der Waals surface area contributed by atoms with Crippen LogP contribution in [0, 0.1) is 0 Å². The summed E-state index contributed by atoms with van der Waals surface area (Å²) in [4.78, 5) is 11.2. The van der Waals surface area contributed by atoms with Crippen molar-refractivity contribution in [2.45, 2.75) is 13.3 Å². The largest absolute Gasteiger partial charge is 0.384 e. The third-order valence-electron chi connectivity index (χ3n) is 3.17. The maximum absolute atomic E-state index is 11.2. The van der Waals surface area contributed by atoms with Gasteiger partial charge in [-0.05, 0) is 30.0 Å². The number of hydrogen-bond donors (Lipinski definition) is 0. The Labute approximate surface area is 114 Å². The summed E-state index contributed by atoms with van der Waals surface area (Å²) < 4.78 is 5.06. The number of rotatable bonds is 5. The van der Waals surface area contributed by atoms with Gasteiger partial charge < -0.3 is 4.74 Å². The zero-order chi connectivity index (χ0) is 13.7. The summed E-state index contributed by atoms with van der Waals surface area (Å²) in [6, 6.07) is 16.2. The fourth-order valence-corrected chi connectivity index (χ4v) is 1.98. The summed E-state index contributed by atoms with van der Waals surface area (Å²) in [6.07, 6.45) is 0.931. The smallest absolute Gasteiger partial charge is 0.159 e. The van der Waals surface area contributed by atoms with E-state index in [1.54, 1.807) is 14.0 Å². The molecule has 98 valence electrons. The normalized spacial score (nSPS) is 10.4. The van der Waals surface area contributed by atoms with Gasteiger partial charge >= 0.3 is 0 Å². The first-order valence-corrected chi connectivity index (χ1v) is 6.40. The maximum atomic E-state index is 11.2. The number of Topliss-reactive ketones (excluding diaryl/α,β-unsaturated/α-hetero) is 1. The lowest BCUT2D eigenvalue weighted by Gasteiger charge is -2.05. The SMILES string of the molecule is COCCc1ccc(-c2ccc(C(C)=O)cc2)cc1. The van der Waals surface area contributed by atoms with Crippen LogP contribution in [-0.2, 0) is 11.2 Å². The van der Waals surface area contributed by atoms with Gasteiger partial charge in [0.2, 0.25) is 0 Å². The quantitative estimate of drug-likeness (QED) is 0.760. The van der Waals surface area contributed by atoms with Crippen molar-refractivity contribution in [2.24, 2.45) is 0 Å². The Bertz CT molecular complexity index is 538. The second kappa shape index (κ2) is 6.30. The molecule has 2 aromatic rings. The number of methoxy groups -OCH3 is 1. The first-order valence-electron chi connectivity index (χ1n) is 6.40. The van der Waals surface area contributed by atoms with Crippen molar-refractivity contribution in [3.63, 3.8) is 0 Å². The van der Waals surface area contributed by atoms with Crippen LogP contribution >= 0.6 is 0 Å². The van der Waals surface area contributed by atoms with Crippen molar-refractivity contribution in [2.75, 3.05) is 13.7 Å². The van der Waals surface area contributed by atoms with Crippen LogP contribution in [0.1, 0.15) is 22.8 Å². The predicted octanol–water partition coefficient (Wildman–Crippen LogP) is 3.75. The summed E-state index contributed by atoms with van der Waals surface area (Å²) in [6.45, 7) is 2.33. The molecule has 0 aliphatic rings. The lowest BCUT2D eigenvalue weighted by atomic mass is 10.0. The molecule has 0 atom stereocenters. The predicted molar refractivity (Wildman–Crippen MR) is 77.5 cm³/mol. The molecule has 2 rings (SSSR count). The lowest BCUT2D eigenvalue weighted by molar-refractivity contribution is 0.101. The second-order valence-corrected chi connectivity index (χ2v) is 4.57. The standard InChI is InChI=1S/C17H18O2/c1-13(18)15-7-9-17(10-8-15)16-5-3-14(4-6-16)11-12-19-2/h3-10H,11-12H2,1-2H3. The van der Waals surface area contributed by atoms with E-state index >= 15 is 0 Å². The number of benzene rings is 2. The van der Waals surface area contributed by atoms with Gasteiger partial charge in [0.25, 0.3) is 0 Å². The average molecular weight is 254 g/mol. The number of carbonyl (C=O) groups excluding carboxylic acids is 1. The second-order valence-electron chi connectivity index (χ2n) is 4.57. The molecular formula is C17H18O2. The summed E-state index contributed by atoms with van der Waals surface area (Å²) >= 11 is 0. The third kappa shape index (κ3) is 3.52. The van der Waals surface area contributed by atoms with Crippen LogP contribution < -0.4 is 0 Å². The maximum Gasteiger partial charge on any atom is 0.159 e. The van der Waals surface area contributed by atoms with E-state index in [0.717, 1.165) is 29.7 Å². The fourth-order valence-electron chi connectivity index (χ4n) is 1.98. The average Bonchev–Trinajstić information content (AvgIpc) is 2.46. The molecule has 0 heterocycles. The highest BCUT2D eigenvalue weighted by atomic mass is 16.5. The number of hydrogen-bond acceptors (Lipinski definition) is 2. The van der Waals surface area contributed by atoms with Gasteiger partial charge in [0.1, 0.15) is 0 Å². The van der Waals surface area contributed by atoms with Gasteiger partial charge in [0, 0.05) is 12.7 Å². The Morgan fingerprint density at radius 2 is 1.47 bits per heavy atom. The van der Waals surface area contributed by atoms with Gasteiger partial charge in [-0.25, -0.2) is 0 Å². The van der Waals surface area contributed by atoms with Crippen molar-refractivity contribution in [1.29, 1.82) is 0 Å².